The third-order valence-corrected chi connectivity index (χ3v) is 2.78. The maximum atomic E-state index is 11.2. The number of carbonyl (C=O) groups is 2. The van der Waals surface area contributed by atoms with Gasteiger partial charge in [0, 0.05) is 6.42 Å². The smallest absolute Gasteiger partial charge is 0.240 e. The number of hydrogen-bond donors (Lipinski definition) is 2. The monoisotopic (exact) mass is 332 g/mol. The van der Waals surface area contributed by atoms with E-state index in [1.807, 2.05) is 52.9 Å². The minimum Gasteiger partial charge on any atom is -0.368 e. The van der Waals surface area contributed by atoms with Crippen LogP contribution in [0.1, 0.15) is 5.56 Å². The zero-order chi connectivity index (χ0) is 12.0. The Kier molecular flexibility index (Phi) is 5.24. The number of benzene rings is 1. The van der Waals surface area contributed by atoms with Crippen molar-refractivity contribution in [3.05, 3.63) is 35.9 Å². The van der Waals surface area contributed by atoms with Crippen molar-refractivity contribution in [3.8, 4) is 0 Å². The van der Waals surface area contributed by atoms with Gasteiger partial charge in [0.1, 0.15) is 6.04 Å². The van der Waals surface area contributed by atoms with Crippen molar-refractivity contribution >= 4 is 34.4 Å². The highest BCUT2D eigenvalue weighted by Gasteiger charge is 2.17. The van der Waals surface area contributed by atoms with Crippen LogP contribution in [0.2, 0.25) is 0 Å². The van der Waals surface area contributed by atoms with E-state index in [0.717, 1.165) is 5.56 Å². The number of amides is 2. The first kappa shape index (κ1) is 13.0. The normalized spacial score (nSPS) is 11.8. The van der Waals surface area contributed by atoms with Crippen LogP contribution in [-0.4, -0.2) is 22.3 Å². The van der Waals surface area contributed by atoms with Crippen molar-refractivity contribution in [2.45, 2.75) is 12.5 Å². The lowest BCUT2D eigenvalue weighted by Gasteiger charge is -2.14. The minimum atomic E-state index is -0.635. The van der Waals surface area contributed by atoms with Crippen LogP contribution in [0.3, 0.4) is 0 Å². The molecular formula is C11H13IN2O2. The average molecular weight is 332 g/mol. The molecule has 0 aromatic heterocycles. The van der Waals surface area contributed by atoms with Gasteiger partial charge in [0.05, 0.1) is 4.43 Å². The zero-order valence-electron chi connectivity index (χ0n) is 8.65. The Balaban J connectivity index is 2.65. The molecule has 0 unspecified atom stereocenters. The SMILES string of the molecule is NC(=O)[C@H](Cc1ccccc1)NC(=O)CI. The maximum Gasteiger partial charge on any atom is 0.240 e. The summed E-state index contributed by atoms with van der Waals surface area (Å²) in [6.45, 7) is 0. The van der Waals surface area contributed by atoms with E-state index < -0.39 is 11.9 Å². The van der Waals surface area contributed by atoms with Crippen LogP contribution in [0.25, 0.3) is 0 Å². The molecule has 0 fully saturated rings. The highest BCUT2D eigenvalue weighted by Crippen LogP contribution is 2.03. The number of hydrogen-bond acceptors (Lipinski definition) is 2. The first-order valence-electron chi connectivity index (χ1n) is 4.82. The number of primary amides is 1. The Morgan fingerprint density at radius 2 is 1.94 bits per heavy atom. The molecule has 0 saturated carbocycles. The summed E-state index contributed by atoms with van der Waals surface area (Å²) >= 11 is 1.94. The molecule has 0 aliphatic rings. The molecule has 86 valence electrons. The van der Waals surface area contributed by atoms with Crippen molar-refractivity contribution < 1.29 is 9.59 Å². The Hall–Kier alpha value is -1.11. The van der Waals surface area contributed by atoms with E-state index in [2.05, 4.69) is 5.32 Å². The van der Waals surface area contributed by atoms with E-state index in [1.54, 1.807) is 0 Å². The lowest BCUT2D eigenvalue weighted by Crippen LogP contribution is -2.46. The largest absolute Gasteiger partial charge is 0.368 e. The van der Waals surface area contributed by atoms with Gasteiger partial charge in [-0.15, -0.1) is 0 Å². The van der Waals surface area contributed by atoms with E-state index in [0.29, 0.717) is 10.8 Å². The highest BCUT2D eigenvalue weighted by atomic mass is 127. The standard InChI is InChI=1S/C11H13IN2O2/c12-7-10(15)14-9(11(13)16)6-8-4-2-1-3-5-8/h1-5,9H,6-7H2,(H2,13,16)(H,14,15)/t9-/m0/s1. The molecule has 0 heterocycles. The fraction of sp³-hybridized carbons (Fsp3) is 0.273. The summed E-state index contributed by atoms with van der Waals surface area (Å²) in [5, 5.41) is 2.59. The molecule has 1 rings (SSSR count). The van der Waals surface area contributed by atoms with E-state index in [-0.39, 0.29) is 5.91 Å². The third kappa shape index (κ3) is 4.18. The second-order valence-corrected chi connectivity index (χ2v) is 4.11. The Bertz CT molecular complexity index is 368. The number of nitrogens with two attached hydrogens (primary N) is 1. The quantitative estimate of drug-likeness (QED) is 0.613. The van der Waals surface area contributed by atoms with Crippen molar-refractivity contribution in [3.63, 3.8) is 0 Å². The second-order valence-electron chi connectivity index (χ2n) is 3.35. The highest BCUT2D eigenvalue weighted by molar-refractivity contribution is 14.1. The Morgan fingerprint density at radius 3 is 2.44 bits per heavy atom. The van der Waals surface area contributed by atoms with Crippen molar-refractivity contribution in [2.75, 3.05) is 4.43 Å². The lowest BCUT2D eigenvalue weighted by atomic mass is 10.1. The van der Waals surface area contributed by atoms with Gasteiger partial charge in [-0.25, -0.2) is 0 Å². The Morgan fingerprint density at radius 1 is 1.31 bits per heavy atom. The van der Waals surface area contributed by atoms with Crippen molar-refractivity contribution in [1.29, 1.82) is 0 Å². The Labute approximate surface area is 108 Å². The molecule has 1 aromatic rings. The van der Waals surface area contributed by atoms with Gasteiger partial charge in [-0.05, 0) is 5.56 Å². The van der Waals surface area contributed by atoms with Gasteiger partial charge in [0.2, 0.25) is 11.8 Å². The molecule has 5 heteroatoms. The molecule has 1 atom stereocenters. The van der Waals surface area contributed by atoms with E-state index in [4.69, 9.17) is 5.73 Å². The summed E-state index contributed by atoms with van der Waals surface area (Å²) in [5.74, 6) is -0.692. The molecule has 3 N–H and O–H groups in total. The summed E-state index contributed by atoms with van der Waals surface area (Å²) < 4.78 is 0.316. The van der Waals surface area contributed by atoms with Gasteiger partial charge in [-0.3, -0.25) is 9.59 Å². The molecule has 16 heavy (non-hydrogen) atoms. The summed E-state index contributed by atoms with van der Waals surface area (Å²) in [6.07, 6.45) is 0.429. The maximum absolute atomic E-state index is 11.2. The molecule has 0 saturated heterocycles. The molecular weight excluding hydrogens is 319 g/mol. The van der Waals surface area contributed by atoms with E-state index in [1.165, 1.54) is 0 Å². The van der Waals surface area contributed by atoms with Crippen LogP contribution in [-0.2, 0) is 16.0 Å². The van der Waals surface area contributed by atoms with Crippen LogP contribution in [0.15, 0.2) is 30.3 Å². The first-order valence-corrected chi connectivity index (χ1v) is 6.34. The average Bonchev–Trinajstić information content (AvgIpc) is 2.29. The summed E-state index contributed by atoms with van der Waals surface area (Å²) in [6, 6.07) is 8.82. The van der Waals surface area contributed by atoms with Gasteiger partial charge in [0.25, 0.3) is 0 Å². The number of alkyl halides is 1. The fourth-order valence-electron chi connectivity index (χ4n) is 1.31. The van der Waals surface area contributed by atoms with Crippen molar-refractivity contribution in [2.24, 2.45) is 5.73 Å². The summed E-state index contributed by atoms with van der Waals surface area (Å²) in [7, 11) is 0. The number of rotatable bonds is 5. The van der Waals surface area contributed by atoms with Gasteiger partial charge < -0.3 is 11.1 Å². The van der Waals surface area contributed by atoms with Gasteiger partial charge >= 0.3 is 0 Å². The minimum absolute atomic E-state index is 0.180. The van der Waals surface area contributed by atoms with Crippen molar-refractivity contribution in [1.82, 2.24) is 5.32 Å². The number of carbonyl (C=O) groups excluding carboxylic acids is 2. The summed E-state index contributed by atoms with van der Waals surface area (Å²) in [4.78, 5) is 22.4. The predicted octanol–water partition coefficient (Wildman–Crippen LogP) is 0.634. The van der Waals surface area contributed by atoms with E-state index in [9.17, 15) is 9.59 Å². The van der Waals surface area contributed by atoms with Crippen LogP contribution in [0.4, 0.5) is 0 Å². The van der Waals surface area contributed by atoms with Gasteiger partial charge in [-0.1, -0.05) is 52.9 Å². The molecule has 4 nitrogen and oxygen atoms in total. The zero-order valence-corrected chi connectivity index (χ0v) is 10.8. The van der Waals surface area contributed by atoms with Gasteiger partial charge in [-0.2, -0.15) is 0 Å². The first-order chi connectivity index (χ1) is 7.63. The third-order valence-electron chi connectivity index (χ3n) is 2.08. The predicted molar refractivity (Wildman–Crippen MR) is 70.2 cm³/mol. The fourth-order valence-corrected chi connectivity index (χ4v) is 1.53. The van der Waals surface area contributed by atoms with Gasteiger partial charge in [0.15, 0.2) is 0 Å². The summed E-state index contributed by atoms with van der Waals surface area (Å²) in [5.41, 5.74) is 6.20. The van der Waals surface area contributed by atoms with Crippen LogP contribution in [0.5, 0.6) is 0 Å². The molecule has 0 bridgehead atoms. The molecule has 2 amide bonds. The topological polar surface area (TPSA) is 72.2 Å². The molecule has 0 radical (unpaired) electrons. The number of halogens is 1. The molecule has 0 aliphatic carbocycles. The van der Waals surface area contributed by atoms with Crippen LogP contribution < -0.4 is 11.1 Å². The molecule has 0 aliphatic heterocycles. The van der Waals surface area contributed by atoms with Crippen LogP contribution in [0, 0.1) is 0 Å². The van der Waals surface area contributed by atoms with Crippen LogP contribution >= 0.6 is 22.6 Å². The molecule has 0 spiro atoms. The lowest BCUT2D eigenvalue weighted by molar-refractivity contribution is -0.125. The molecule has 1 aromatic carbocycles. The number of nitrogens with one attached hydrogen (secondary N) is 1. The second kappa shape index (κ2) is 6.47. The van der Waals surface area contributed by atoms with E-state index >= 15 is 0 Å².